The summed E-state index contributed by atoms with van der Waals surface area (Å²) in [4.78, 5) is 3.21. The topological polar surface area (TPSA) is 63.6 Å². The molecule has 1 aliphatic carbocycles. The average Bonchev–Trinajstić information content (AvgIpc) is 2.76. The molecule has 0 spiro atoms. The summed E-state index contributed by atoms with van der Waals surface area (Å²) in [5.41, 5.74) is -3.95. The fourth-order valence-electron chi connectivity index (χ4n) is 3.42. The van der Waals surface area contributed by atoms with E-state index in [9.17, 15) is 31.4 Å². The highest BCUT2D eigenvalue weighted by atomic mass is 19.4. The number of allylic oxidation sites excluding steroid dienone is 4. The number of benzene rings is 1. The average molecular weight is 476 g/mol. The van der Waals surface area contributed by atoms with Gasteiger partial charge in [0.15, 0.2) is 0 Å². The number of aromatic nitrogens is 1. The minimum absolute atomic E-state index is 0.192. The number of nitrogens with one attached hydrogen (secondary N) is 1. The quantitative estimate of drug-likeness (QED) is 0.409. The van der Waals surface area contributed by atoms with Crippen LogP contribution in [0.1, 0.15) is 35.8 Å². The smallest absolute Gasteiger partial charge is 0.433 e. The lowest BCUT2D eigenvalue weighted by molar-refractivity contribution is -0.142. The number of hydrogen-bond donors (Lipinski definition) is 2. The highest BCUT2D eigenvalue weighted by Gasteiger charge is 2.37. The number of rotatable bonds is 8. The van der Waals surface area contributed by atoms with Gasteiger partial charge in [0, 0.05) is 31.3 Å². The zero-order valence-corrected chi connectivity index (χ0v) is 17.6. The lowest BCUT2D eigenvalue weighted by Gasteiger charge is -2.19. The molecule has 0 saturated carbocycles. The van der Waals surface area contributed by atoms with Crippen LogP contribution in [0.3, 0.4) is 0 Å². The Hall–Kier alpha value is -2.79. The molecule has 33 heavy (non-hydrogen) atoms. The molecule has 1 aromatic carbocycles. The normalized spacial score (nSPS) is 15.8. The number of fused-ring (bicyclic) bond motifs is 1. The first-order valence-corrected chi connectivity index (χ1v) is 10.0. The third-order valence-corrected chi connectivity index (χ3v) is 5.07. The van der Waals surface area contributed by atoms with Gasteiger partial charge in [-0.15, -0.1) is 0 Å². The number of ether oxygens (including phenoxy) is 2. The summed E-state index contributed by atoms with van der Waals surface area (Å²) in [5, 5.41) is 13.1. The molecule has 0 amide bonds. The standard InChI is InChI=1S/C22H22F6N2O3/c1-32-13-5-7-14(8-6-13)33-10-9-29-12-18(31)16-11-19(22(26,27)28)30-20-15(16)3-2-4-17(20)21(23,24)25/h2-5,7,11,18,29,31H,6,8-10,12H2,1H3. The molecular formula is C22H22F6N2O3. The maximum Gasteiger partial charge on any atom is 0.433 e. The SMILES string of the molecule is COC1=CC=C(OCCNCC(O)c2cc(C(F)(F)F)nc3c(C(F)(F)F)cccc23)CC1. The van der Waals surface area contributed by atoms with Crippen LogP contribution in [0.25, 0.3) is 10.9 Å². The lowest BCUT2D eigenvalue weighted by atomic mass is 9.99. The van der Waals surface area contributed by atoms with Gasteiger partial charge in [0.2, 0.25) is 0 Å². The first kappa shape index (κ1) is 24.8. The summed E-state index contributed by atoms with van der Waals surface area (Å²) in [6, 6.07) is 3.51. The van der Waals surface area contributed by atoms with Crippen molar-refractivity contribution in [2.24, 2.45) is 0 Å². The van der Waals surface area contributed by atoms with Crippen molar-refractivity contribution in [3.05, 3.63) is 64.8 Å². The largest absolute Gasteiger partial charge is 0.501 e. The fraction of sp³-hybridized carbons (Fsp3) is 0.409. The van der Waals surface area contributed by atoms with Crippen LogP contribution in [-0.2, 0) is 21.8 Å². The van der Waals surface area contributed by atoms with Crippen LogP contribution >= 0.6 is 0 Å². The molecule has 180 valence electrons. The van der Waals surface area contributed by atoms with Crippen molar-refractivity contribution < 1.29 is 40.9 Å². The molecule has 0 saturated heterocycles. The van der Waals surface area contributed by atoms with Crippen LogP contribution in [0.5, 0.6) is 0 Å². The van der Waals surface area contributed by atoms with Crippen molar-refractivity contribution in [1.29, 1.82) is 0 Å². The predicted octanol–water partition coefficient (Wildman–Crippen LogP) is 5.12. The molecule has 3 rings (SSSR count). The zero-order valence-electron chi connectivity index (χ0n) is 17.6. The number of nitrogens with zero attached hydrogens (tertiary/aromatic N) is 1. The Labute approximate surface area is 185 Å². The monoisotopic (exact) mass is 476 g/mol. The molecule has 0 aliphatic heterocycles. The van der Waals surface area contributed by atoms with E-state index in [1.165, 1.54) is 6.07 Å². The number of alkyl halides is 6. The molecule has 1 heterocycles. The number of hydrogen-bond acceptors (Lipinski definition) is 5. The summed E-state index contributed by atoms with van der Waals surface area (Å²) in [6.07, 6.45) is -6.45. The molecular weight excluding hydrogens is 454 g/mol. The van der Waals surface area contributed by atoms with Crippen LogP contribution in [0.15, 0.2) is 47.9 Å². The van der Waals surface area contributed by atoms with Crippen molar-refractivity contribution in [3.63, 3.8) is 0 Å². The first-order chi connectivity index (χ1) is 15.5. The summed E-state index contributed by atoms with van der Waals surface area (Å²) in [6.45, 7) is 0.304. The van der Waals surface area contributed by atoms with Crippen LogP contribution in [-0.4, -0.2) is 36.9 Å². The van der Waals surface area contributed by atoms with E-state index in [-0.39, 0.29) is 30.6 Å². The summed E-state index contributed by atoms with van der Waals surface area (Å²) in [7, 11) is 1.58. The lowest BCUT2D eigenvalue weighted by Crippen LogP contribution is -2.26. The Kier molecular flexibility index (Phi) is 7.53. The minimum atomic E-state index is -4.98. The number of pyridine rings is 1. The second-order valence-electron chi connectivity index (χ2n) is 7.33. The van der Waals surface area contributed by atoms with Gasteiger partial charge in [0.25, 0.3) is 0 Å². The number of aliphatic hydroxyl groups is 1. The van der Waals surface area contributed by atoms with Gasteiger partial charge < -0.3 is 19.9 Å². The Balaban J connectivity index is 1.73. The van der Waals surface area contributed by atoms with E-state index >= 15 is 0 Å². The number of para-hydroxylation sites is 1. The second kappa shape index (κ2) is 10.0. The summed E-state index contributed by atoms with van der Waals surface area (Å²) < 4.78 is 90.6. The van der Waals surface area contributed by atoms with Crippen LogP contribution in [0, 0.1) is 0 Å². The molecule has 1 aliphatic rings. The Bertz CT molecular complexity index is 1050. The van der Waals surface area contributed by atoms with E-state index in [4.69, 9.17) is 9.47 Å². The first-order valence-electron chi connectivity index (χ1n) is 10.0. The van der Waals surface area contributed by atoms with Crippen molar-refractivity contribution in [3.8, 4) is 0 Å². The summed E-state index contributed by atoms with van der Waals surface area (Å²) >= 11 is 0. The maximum atomic E-state index is 13.3. The molecule has 11 heteroatoms. The maximum absolute atomic E-state index is 13.3. The molecule has 0 radical (unpaired) electrons. The van der Waals surface area contributed by atoms with Gasteiger partial charge in [0.05, 0.1) is 35.8 Å². The van der Waals surface area contributed by atoms with E-state index in [0.717, 1.165) is 17.6 Å². The van der Waals surface area contributed by atoms with E-state index in [1.54, 1.807) is 19.3 Å². The van der Waals surface area contributed by atoms with Crippen molar-refractivity contribution in [2.45, 2.75) is 31.3 Å². The Morgan fingerprint density at radius 2 is 1.76 bits per heavy atom. The van der Waals surface area contributed by atoms with Crippen molar-refractivity contribution >= 4 is 10.9 Å². The van der Waals surface area contributed by atoms with Crippen LogP contribution in [0.2, 0.25) is 0 Å². The fourth-order valence-corrected chi connectivity index (χ4v) is 3.42. The van der Waals surface area contributed by atoms with E-state index in [2.05, 4.69) is 10.3 Å². The molecule has 5 nitrogen and oxygen atoms in total. The molecule has 1 unspecified atom stereocenters. The number of methoxy groups -OCH3 is 1. The highest BCUT2D eigenvalue weighted by Crippen LogP contribution is 2.38. The van der Waals surface area contributed by atoms with Gasteiger partial charge in [0.1, 0.15) is 12.3 Å². The van der Waals surface area contributed by atoms with E-state index in [0.29, 0.717) is 25.0 Å². The molecule has 0 bridgehead atoms. The second-order valence-corrected chi connectivity index (χ2v) is 7.33. The van der Waals surface area contributed by atoms with Gasteiger partial charge in [-0.2, -0.15) is 26.3 Å². The van der Waals surface area contributed by atoms with Gasteiger partial charge in [-0.05, 0) is 29.8 Å². The molecule has 2 aromatic rings. The third kappa shape index (κ3) is 6.17. The van der Waals surface area contributed by atoms with Crippen LogP contribution in [0.4, 0.5) is 26.3 Å². The molecule has 0 fully saturated rings. The van der Waals surface area contributed by atoms with Gasteiger partial charge in [-0.3, -0.25) is 0 Å². The Morgan fingerprint density at radius 1 is 1.06 bits per heavy atom. The van der Waals surface area contributed by atoms with Gasteiger partial charge in [-0.1, -0.05) is 12.1 Å². The molecule has 2 N–H and O–H groups in total. The Morgan fingerprint density at radius 3 is 2.36 bits per heavy atom. The number of aliphatic hydroxyl groups excluding tert-OH is 1. The highest BCUT2D eigenvalue weighted by molar-refractivity contribution is 5.86. The van der Waals surface area contributed by atoms with E-state index < -0.39 is 35.2 Å². The number of halogens is 6. The van der Waals surface area contributed by atoms with Gasteiger partial charge in [-0.25, -0.2) is 4.98 Å². The zero-order chi connectivity index (χ0) is 24.2. The van der Waals surface area contributed by atoms with Gasteiger partial charge >= 0.3 is 12.4 Å². The minimum Gasteiger partial charge on any atom is -0.501 e. The van der Waals surface area contributed by atoms with Crippen molar-refractivity contribution in [2.75, 3.05) is 26.8 Å². The van der Waals surface area contributed by atoms with E-state index in [1.807, 2.05) is 0 Å². The predicted molar refractivity (Wildman–Crippen MR) is 108 cm³/mol. The molecule has 1 aromatic heterocycles. The third-order valence-electron chi connectivity index (χ3n) is 5.07. The molecule has 1 atom stereocenters. The van der Waals surface area contributed by atoms with Crippen LogP contribution < -0.4 is 5.32 Å². The summed E-state index contributed by atoms with van der Waals surface area (Å²) in [5.74, 6) is 1.58. The van der Waals surface area contributed by atoms with Crippen molar-refractivity contribution in [1.82, 2.24) is 10.3 Å².